The third-order valence-electron chi connectivity index (χ3n) is 5.38. The van der Waals surface area contributed by atoms with E-state index in [1.165, 1.54) is 18.2 Å². The topological polar surface area (TPSA) is 99.1 Å². The Morgan fingerprint density at radius 3 is 2.44 bits per heavy atom. The molecule has 2 heterocycles. The number of rotatable bonds is 3. The van der Waals surface area contributed by atoms with Crippen LogP contribution >= 0.6 is 11.6 Å². The molecular weight excluding hydrogens is 459 g/mol. The van der Waals surface area contributed by atoms with Crippen molar-refractivity contribution >= 4 is 39.3 Å². The molecule has 2 aromatic rings. The largest absolute Gasteiger partial charge is 0.337 e. The maximum atomic E-state index is 13.2. The molecule has 0 spiro atoms. The quantitative estimate of drug-likeness (QED) is 0.728. The van der Waals surface area contributed by atoms with E-state index < -0.39 is 21.9 Å². The van der Waals surface area contributed by atoms with Crippen LogP contribution in [0.15, 0.2) is 52.4 Å². The standard InChI is InChI=1S/C21H20ClFN4O4S/c1-13(24-19-16-4-2-3-5-18(16)32(30,31)25-19)20(28)26-8-10-27(11-9-26)21(29)15-7-6-14(23)12-17(15)22/h2-7,12-13H,8-11H2,1H3,(H,24,25)/t13-/m0/s1. The summed E-state index contributed by atoms with van der Waals surface area (Å²) < 4.78 is 40.1. The highest BCUT2D eigenvalue weighted by molar-refractivity contribution is 7.90. The Balaban J connectivity index is 1.42. The molecule has 11 heteroatoms. The zero-order valence-electron chi connectivity index (χ0n) is 17.1. The van der Waals surface area contributed by atoms with Crippen molar-refractivity contribution in [3.05, 3.63) is 64.4 Å². The number of nitrogens with one attached hydrogen (secondary N) is 1. The third-order valence-corrected chi connectivity index (χ3v) is 7.09. The van der Waals surface area contributed by atoms with Gasteiger partial charge < -0.3 is 9.80 Å². The molecule has 0 unspecified atom stereocenters. The number of carbonyl (C=O) groups is 2. The first-order valence-corrected chi connectivity index (χ1v) is 11.8. The van der Waals surface area contributed by atoms with Gasteiger partial charge in [0.2, 0.25) is 5.91 Å². The number of piperazine rings is 1. The van der Waals surface area contributed by atoms with Crippen molar-refractivity contribution in [2.75, 3.05) is 26.2 Å². The average Bonchev–Trinajstić information content (AvgIpc) is 3.03. The predicted octanol–water partition coefficient (Wildman–Crippen LogP) is 1.89. The number of nitrogens with zero attached hydrogens (tertiary/aromatic N) is 3. The fraction of sp³-hybridized carbons (Fsp3) is 0.286. The molecule has 2 amide bonds. The monoisotopic (exact) mass is 478 g/mol. The molecule has 0 radical (unpaired) electrons. The number of carbonyl (C=O) groups excluding carboxylic acids is 2. The van der Waals surface area contributed by atoms with Gasteiger partial charge in [0.05, 0.1) is 15.5 Å². The van der Waals surface area contributed by atoms with Crippen LogP contribution in [-0.4, -0.2) is 68.1 Å². The second kappa shape index (κ2) is 8.51. The van der Waals surface area contributed by atoms with Gasteiger partial charge >= 0.3 is 0 Å². The first-order chi connectivity index (χ1) is 15.2. The Kier molecular flexibility index (Phi) is 5.91. The van der Waals surface area contributed by atoms with Gasteiger partial charge in [-0.3, -0.25) is 19.3 Å². The number of hydrogen-bond acceptors (Lipinski definition) is 5. The zero-order chi connectivity index (χ0) is 23.0. The van der Waals surface area contributed by atoms with E-state index in [0.717, 1.165) is 6.07 Å². The Hall–Kier alpha value is -2.98. The molecule has 0 bridgehead atoms. The second-order valence-corrected chi connectivity index (χ2v) is 9.56. The lowest BCUT2D eigenvalue weighted by atomic mass is 10.1. The molecule has 0 saturated carbocycles. The van der Waals surface area contributed by atoms with E-state index in [4.69, 9.17) is 11.6 Å². The Morgan fingerprint density at radius 1 is 1.09 bits per heavy atom. The van der Waals surface area contributed by atoms with Gasteiger partial charge in [0.1, 0.15) is 17.7 Å². The molecule has 4 rings (SSSR count). The number of aliphatic imine (C=N–C) groups is 1. The van der Waals surface area contributed by atoms with E-state index in [2.05, 4.69) is 9.71 Å². The lowest BCUT2D eigenvalue weighted by Gasteiger charge is -2.35. The summed E-state index contributed by atoms with van der Waals surface area (Å²) in [5, 5.41) is 0.0391. The predicted molar refractivity (Wildman–Crippen MR) is 117 cm³/mol. The van der Waals surface area contributed by atoms with E-state index >= 15 is 0 Å². The van der Waals surface area contributed by atoms with Crippen LogP contribution in [0.3, 0.4) is 0 Å². The van der Waals surface area contributed by atoms with E-state index in [9.17, 15) is 22.4 Å². The zero-order valence-corrected chi connectivity index (χ0v) is 18.7. The molecule has 0 aromatic heterocycles. The van der Waals surface area contributed by atoms with Crippen molar-refractivity contribution in [2.24, 2.45) is 4.99 Å². The minimum atomic E-state index is -3.68. The lowest BCUT2D eigenvalue weighted by molar-refractivity contribution is -0.133. The van der Waals surface area contributed by atoms with Crippen molar-refractivity contribution in [1.29, 1.82) is 0 Å². The van der Waals surface area contributed by atoms with Crippen molar-refractivity contribution in [1.82, 2.24) is 14.5 Å². The van der Waals surface area contributed by atoms with Gasteiger partial charge in [0.15, 0.2) is 0 Å². The SMILES string of the molecule is C[C@H](N=C1NS(=O)(=O)c2ccccc21)C(=O)N1CCN(C(=O)c2ccc(F)cc2Cl)CC1. The summed E-state index contributed by atoms with van der Waals surface area (Å²) in [6.45, 7) is 2.76. The van der Waals surface area contributed by atoms with Crippen LogP contribution in [0.4, 0.5) is 4.39 Å². The van der Waals surface area contributed by atoms with Crippen LogP contribution in [-0.2, 0) is 14.8 Å². The highest BCUT2D eigenvalue weighted by Crippen LogP contribution is 2.23. The van der Waals surface area contributed by atoms with Crippen molar-refractivity contribution in [2.45, 2.75) is 17.9 Å². The van der Waals surface area contributed by atoms with Gasteiger partial charge in [-0.2, -0.15) is 0 Å². The smallest absolute Gasteiger partial charge is 0.263 e. The number of amidine groups is 1. The van der Waals surface area contributed by atoms with Crippen LogP contribution in [0, 0.1) is 5.82 Å². The molecule has 8 nitrogen and oxygen atoms in total. The normalized spacial score (nSPS) is 19.4. The van der Waals surface area contributed by atoms with Gasteiger partial charge in [-0.1, -0.05) is 23.7 Å². The molecule has 2 aliphatic heterocycles. The molecular formula is C21H20ClFN4O4S. The lowest BCUT2D eigenvalue weighted by Crippen LogP contribution is -2.52. The summed E-state index contributed by atoms with van der Waals surface area (Å²) in [5.74, 6) is -0.980. The van der Waals surface area contributed by atoms with Crippen LogP contribution in [0.25, 0.3) is 0 Å². The fourth-order valence-corrected chi connectivity index (χ4v) is 5.19. The number of amides is 2. The molecule has 1 atom stereocenters. The summed E-state index contributed by atoms with van der Waals surface area (Å²) in [7, 11) is -3.68. The van der Waals surface area contributed by atoms with Gasteiger partial charge in [-0.15, -0.1) is 0 Å². The molecule has 2 aromatic carbocycles. The number of halogens is 2. The number of sulfonamides is 1. The van der Waals surface area contributed by atoms with Gasteiger partial charge in [-0.25, -0.2) is 12.8 Å². The van der Waals surface area contributed by atoms with E-state index in [0.29, 0.717) is 18.7 Å². The average molecular weight is 479 g/mol. The Morgan fingerprint density at radius 2 is 1.75 bits per heavy atom. The van der Waals surface area contributed by atoms with Crippen molar-refractivity contribution in [3.63, 3.8) is 0 Å². The molecule has 1 N–H and O–H groups in total. The highest BCUT2D eigenvalue weighted by Gasteiger charge is 2.33. The first kappa shape index (κ1) is 22.2. The molecule has 1 fully saturated rings. The maximum Gasteiger partial charge on any atom is 0.263 e. The van der Waals surface area contributed by atoms with Gasteiger partial charge in [0, 0.05) is 31.7 Å². The fourth-order valence-electron chi connectivity index (χ4n) is 3.71. The number of hydrogen-bond donors (Lipinski definition) is 1. The van der Waals surface area contributed by atoms with Gasteiger partial charge in [0.25, 0.3) is 15.9 Å². The van der Waals surface area contributed by atoms with Gasteiger partial charge in [-0.05, 0) is 37.3 Å². The molecule has 0 aliphatic carbocycles. The highest BCUT2D eigenvalue weighted by atomic mass is 35.5. The van der Waals surface area contributed by atoms with Crippen LogP contribution in [0.2, 0.25) is 5.02 Å². The number of fused-ring (bicyclic) bond motifs is 1. The summed E-state index contributed by atoms with van der Waals surface area (Å²) >= 11 is 5.99. The number of benzene rings is 2. The molecule has 2 aliphatic rings. The summed E-state index contributed by atoms with van der Waals surface area (Å²) in [6.07, 6.45) is 0. The molecule has 168 valence electrons. The minimum absolute atomic E-state index is 0.0391. The summed E-state index contributed by atoms with van der Waals surface area (Å²) in [6, 6.07) is 9.23. The van der Waals surface area contributed by atoms with E-state index in [-0.39, 0.29) is 46.2 Å². The van der Waals surface area contributed by atoms with Crippen molar-refractivity contribution < 1.29 is 22.4 Å². The molecule has 1 saturated heterocycles. The first-order valence-electron chi connectivity index (χ1n) is 9.90. The summed E-state index contributed by atoms with van der Waals surface area (Å²) in [4.78, 5) is 33.1. The van der Waals surface area contributed by atoms with Crippen LogP contribution < -0.4 is 4.72 Å². The molecule has 32 heavy (non-hydrogen) atoms. The maximum absolute atomic E-state index is 13.2. The van der Waals surface area contributed by atoms with Crippen LogP contribution in [0.5, 0.6) is 0 Å². The Labute approximate surface area is 189 Å². The second-order valence-electron chi connectivity index (χ2n) is 7.50. The van der Waals surface area contributed by atoms with E-state index in [1.54, 1.807) is 34.9 Å². The minimum Gasteiger partial charge on any atom is -0.337 e. The summed E-state index contributed by atoms with van der Waals surface area (Å²) in [5.41, 5.74) is 0.638. The Bertz CT molecular complexity index is 1230. The van der Waals surface area contributed by atoms with Crippen molar-refractivity contribution in [3.8, 4) is 0 Å². The third kappa shape index (κ3) is 4.20. The van der Waals surface area contributed by atoms with Crippen LogP contribution in [0.1, 0.15) is 22.8 Å². The van der Waals surface area contributed by atoms with E-state index in [1.807, 2.05) is 0 Å².